The highest BCUT2D eigenvalue weighted by Crippen LogP contribution is 2.25. The van der Waals surface area contributed by atoms with E-state index in [1.165, 1.54) is 12.1 Å². The fraction of sp³-hybridized carbons (Fsp3) is 0.476. The van der Waals surface area contributed by atoms with Gasteiger partial charge >= 0.3 is 0 Å². The maximum atomic E-state index is 13.0. The van der Waals surface area contributed by atoms with E-state index in [2.05, 4.69) is 15.5 Å². The van der Waals surface area contributed by atoms with Crippen molar-refractivity contribution in [3.63, 3.8) is 0 Å². The molecule has 144 valence electrons. The summed E-state index contributed by atoms with van der Waals surface area (Å²) in [5, 5.41) is 6.42. The van der Waals surface area contributed by atoms with Crippen LogP contribution in [0, 0.1) is 5.82 Å². The number of carbonyl (C=O) groups excluding carboxylic acids is 1. The van der Waals surface area contributed by atoms with Gasteiger partial charge in [0.15, 0.2) is 0 Å². The number of piperidine rings is 1. The van der Waals surface area contributed by atoms with E-state index in [9.17, 15) is 9.18 Å². The molecule has 4 rings (SSSR count). The third kappa shape index (κ3) is 4.22. The number of hydrogen-bond acceptors (Lipinski definition) is 4. The molecule has 0 spiro atoms. The van der Waals surface area contributed by atoms with Crippen molar-refractivity contribution >= 4 is 5.91 Å². The molecule has 27 heavy (non-hydrogen) atoms. The van der Waals surface area contributed by atoms with Crippen molar-refractivity contribution in [3.8, 4) is 11.3 Å². The average molecular weight is 371 g/mol. The third-order valence-electron chi connectivity index (χ3n) is 5.60. The third-order valence-corrected chi connectivity index (χ3v) is 5.60. The monoisotopic (exact) mass is 371 g/mol. The molecular weight excluding hydrogens is 345 g/mol. The van der Waals surface area contributed by atoms with Crippen LogP contribution in [-0.2, 0) is 11.3 Å². The number of likely N-dealkylation sites (tertiary alicyclic amines) is 1. The molecule has 6 heteroatoms. The minimum atomic E-state index is -0.271. The zero-order valence-electron chi connectivity index (χ0n) is 15.4. The molecule has 2 saturated heterocycles. The quantitative estimate of drug-likeness (QED) is 0.849. The Morgan fingerprint density at radius 3 is 2.70 bits per heavy atom. The predicted molar refractivity (Wildman–Crippen MR) is 102 cm³/mol. The molecule has 1 amide bonds. The second-order valence-electron chi connectivity index (χ2n) is 7.37. The van der Waals surface area contributed by atoms with Crippen molar-refractivity contribution in [2.75, 3.05) is 19.6 Å². The van der Waals surface area contributed by atoms with Crippen LogP contribution in [-0.4, -0.2) is 42.5 Å². The summed E-state index contributed by atoms with van der Waals surface area (Å²) in [6.07, 6.45) is 4.23. The van der Waals surface area contributed by atoms with E-state index in [-0.39, 0.29) is 17.8 Å². The second kappa shape index (κ2) is 8.23. The Kier molecular flexibility index (Phi) is 5.55. The van der Waals surface area contributed by atoms with Gasteiger partial charge in [0.2, 0.25) is 5.91 Å². The fourth-order valence-corrected chi connectivity index (χ4v) is 4.18. The van der Waals surface area contributed by atoms with E-state index in [1.54, 1.807) is 12.1 Å². The summed E-state index contributed by atoms with van der Waals surface area (Å²) in [6, 6.07) is 10.4. The van der Waals surface area contributed by atoms with Crippen LogP contribution in [0.4, 0.5) is 4.39 Å². The van der Waals surface area contributed by atoms with Crippen LogP contribution >= 0.6 is 0 Å². The molecule has 0 aliphatic carbocycles. The van der Waals surface area contributed by atoms with Crippen LogP contribution in [0.3, 0.4) is 0 Å². The molecule has 5 nitrogen and oxygen atoms in total. The summed E-state index contributed by atoms with van der Waals surface area (Å²) in [5.41, 5.74) is 0.821. The Balaban J connectivity index is 1.34. The van der Waals surface area contributed by atoms with E-state index in [0.717, 1.165) is 50.9 Å². The molecule has 1 atom stereocenters. The minimum Gasteiger partial charge on any atom is -0.459 e. The number of hydrogen-bond donors (Lipinski definition) is 2. The van der Waals surface area contributed by atoms with Crippen LogP contribution in [0.5, 0.6) is 0 Å². The summed E-state index contributed by atoms with van der Waals surface area (Å²) >= 11 is 0. The minimum absolute atomic E-state index is 0.0281. The number of nitrogens with zero attached hydrogens (tertiary/aromatic N) is 1. The van der Waals surface area contributed by atoms with E-state index < -0.39 is 0 Å². The zero-order chi connectivity index (χ0) is 18.6. The molecule has 2 aromatic rings. The maximum absolute atomic E-state index is 13.0. The summed E-state index contributed by atoms with van der Waals surface area (Å²) < 4.78 is 18.9. The first-order chi connectivity index (χ1) is 13.2. The van der Waals surface area contributed by atoms with Crippen LogP contribution in [0.15, 0.2) is 40.8 Å². The molecule has 2 aliphatic heterocycles. The van der Waals surface area contributed by atoms with Gasteiger partial charge in [0.1, 0.15) is 17.3 Å². The normalized spacial score (nSPS) is 21.4. The largest absolute Gasteiger partial charge is 0.459 e. The first-order valence-electron chi connectivity index (χ1n) is 9.79. The number of carbonyl (C=O) groups is 1. The van der Waals surface area contributed by atoms with Gasteiger partial charge in [0.25, 0.3) is 0 Å². The van der Waals surface area contributed by atoms with Gasteiger partial charge in [0.05, 0.1) is 12.6 Å². The Labute approximate surface area is 158 Å². The van der Waals surface area contributed by atoms with Gasteiger partial charge in [-0.25, -0.2) is 4.39 Å². The standard InChI is InChI=1S/C21H26FN3O2/c22-16-5-3-15(4-6-16)20-8-7-18(27-20)14-24-21(26)19-2-1-13-25(19)17-9-11-23-12-10-17/h3-8,17,19,23H,1-2,9-14H2,(H,24,26)/t19-/m0/s1. The van der Waals surface area contributed by atoms with Crippen molar-refractivity contribution in [1.82, 2.24) is 15.5 Å². The van der Waals surface area contributed by atoms with Crippen LogP contribution in [0.25, 0.3) is 11.3 Å². The van der Waals surface area contributed by atoms with E-state index in [1.807, 2.05) is 12.1 Å². The highest BCUT2D eigenvalue weighted by Gasteiger charge is 2.35. The molecule has 0 bridgehead atoms. The van der Waals surface area contributed by atoms with Gasteiger partial charge in [0, 0.05) is 11.6 Å². The van der Waals surface area contributed by atoms with Gasteiger partial charge in [-0.05, 0) is 81.7 Å². The van der Waals surface area contributed by atoms with E-state index >= 15 is 0 Å². The number of nitrogens with one attached hydrogen (secondary N) is 2. The summed E-state index contributed by atoms with van der Waals surface area (Å²) in [5.74, 6) is 1.20. The fourth-order valence-electron chi connectivity index (χ4n) is 4.18. The number of halogens is 1. The number of rotatable bonds is 5. The van der Waals surface area contributed by atoms with E-state index in [4.69, 9.17) is 4.42 Å². The first-order valence-corrected chi connectivity index (χ1v) is 9.79. The van der Waals surface area contributed by atoms with Gasteiger partial charge in [-0.1, -0.05) is 0 Å². The van der Waals surface area contributed by atoms with Crippen molar-refractivity contribution < 1.29 is 13.6 Å². The zero-order valence-corrected chi connectivity index (χ0v) is 15.4. The lowest BCUT2D eigenvalue weighted by atomic mass is 10.0. The molecule has 0 saturated carbocycles. The van der Waals surface area contributed by atoms with Crippen molar-refractivity contribution in [3.05, 3.63) is 48.0 Å². The molecule has 2 aliphatic rings. The van der Waals surface area contributed by atoms with Crippen molar-refractivity contribution in [1.29, 1.82) is 0 Å². The molecule has 0 unspecified atom stereocenters. The lowest BCUT2D eigenvalue weighted by Gasteiger charge is -2.35. The Hall–Kier alpha value is -2.18. The van der Waals surface area contributed by atoms with Crippen LogP contribution < -0.4 is 10.6 Å². The Morgan fingerprint density at radius 1 is 1.15 bits per heavy atom. The Bertz CT molecular complexity index is 768. The molecule has 2 fully saturated rings. The number of benzene rings is 1. The molecule has 1 aromatic carbocycles. The molecule has 1 aromatic heterocycles. The first kappa shape index (κ1) is 18.2. The van der Waals surface area contributed by atoms with Gasteiger partial charge in [-0.3, -0.25) is 9.69 Å². The summed E-state index contributed by atoms with van der Waals surface area (Å²) in [6.45, 7) is 3.46. The summed E-state index contributed by atoms with van der Waals surface area (Å²) in [7, 11) is 0. The lowest BCUT2D eigenvalue weighted by molar-refractivity contribution is -0.126. The van der Waals surface area contributed by atoms with E-state index in [0.29, 0.717) is 24.1 Å². The van der Waals surface area contributed by atoms with Crippen LogP contribution in [0.1, 0.15) is 31.4 Å². The van der Waals surface area contributed by atoms with Gasteiger partial charge < -0.3 is 15.1 Å². The molecule has 2 N–H and O–H groups in total. The lowest BCUT2D eigenvalue weighted by Crippen LogP contribution is -2.50. The topological polar surface area (TPSA) is 57.5 Å². The molecular formula is C21H26FN3O2. The van der Waals surface area contributed by atoms with Crippen LogP contribution in [0.2, 0.25) is 0 Å². The SMILES string of the molecule is O=C(NCc1ccc(-c2ccc(F)cc2)o1)[C@@H]1CCCN1C1CCNCC1. The van der Waals surface area contributed by atoms with Gasteiger partial charge in [-0.15, -0.1) is 0 Å². The van der Waals surface area contributed by atoms with Crippen molar-refractivity contribution in [2.45, 2.75) is 44.3 Å². The molecule has 0 radical (unpaired) electrons. The number of amides is 1. The maximum Gasteiger partial charge on any atom is 0.237 e. The summed E-state index contributed by atoms with van der Waals surface area (Å²) in [4.78, 5) is 15.1. The second-order valence-corrected chi connectivity index (χ2v) is 7.37. The number of furan rings is 1. The van der Waals surface area contributed by atoms with Gasteiger partial charge in [-0.2, -0.15) is 0 Å². The predicted octanol–water partition coefficient (Wildman–Crippen LogP) is 2.92. The highest BCUT2D eigenvalue weighted by molar-refractivity contribution is 5.82. The highest BCUT2D eigenvalue weighted by atomic mass is 19.1. The average Bonchev–Trinajstić information content (AvgIpc) is 3.37. The Morgan fingerprint density at radius 2 is 1.93 bits per heavy atom. The smallest absolute Gasteiger partial charge is 0.237 e. The molecule has 3 heterocycles. The van der Waals surface area contributed by atoms with Crippen molar-refractivity contribution in [2.24, 2.45) is 0 Å².